The Hall–Kier alpha value is -2.77. The minimum atomic E-state index is -0.293. The van der Waals surface area contributed by atoms with Crippen LogP contribution in [0.25, 0.3) is 0 Å². The van der Waals surface area contributed by atoms with E-state index in [4.69, 9.17) is 9.57 Å². The lowest BCUT2D eigenvalue weighted by Crippen LogP contribution is -2.24. The van der Waals surface area contributed by atoms with Crippen molar-refractivity contribution in [2.75, 3.05) is 13.7 Å². The zero-order chi connectivity index (χ0) is 15.6. The van der Waals surface area contributed by atoms with Gasteiger partial charge in [-0.3, -0.25) is 9.63 Å². The number of methoxy groups -OCH3 is 1. The van der Waals surface area contributed by atoms with E-state index in [1.807, 2.05) is 30.3 Å². The summed E-state index contributed by atoms with van der Waals surface area (Å²) in [6.45, 7) is 0.335. The van der Waals surface area contributed by atoms with E-state index in [9.17, 15) is 4.79 Å². The van der Waals surface area contributed by atoms with Crippen molar-refractivity contribution in [2.45, 2.75) is 6.42 Å². The van der Waals surface area contributed by atoms with E-state index in [1.165, 1.54) is 0 Å². The third-order valence-corrected chi connectivity index (χ3v) is 2.85. The first-order valence-corrected chi connectivity index (χ1v) is 6.89. The van der Waals surface area contributed by atoms with E-state index in [2.05, 4.69) is 17.3 Å². The maximum absolute atomic E-state index is 11.8. The van der Waals surface area contributed by atoms with Gasteiger partial charge >= 0.3 is 0 Å². The summed E-state index contributed by atoms with van der Waals surface area (Å²) in [4.78, 5) is 16.9. The van der Waals surface area contributed by atoms with Gasteiger partial charge in [0.2, 0.25) is 0 Å². The smallest absolute Gasteiger partial charge is 0.274 e. The lowest BCUT2D eigenvalue weighted by molar-refractivity contribution is 0.0335. The normalized spacial score (nSPS) is 9.50. The molecule has 1 N–H and O–H groups in total. The van der Waals surface area contributed by atoms with E-state index < -0.39 is 0 Å². The molecule has 0 aliphatic heterocycles. The summed E-state index contributed by atoms with van der Waals surface area (Å²) in [5.74, 6) is 6.42. The number of rotatable bonds is 5. The second-order valence-electron chi connectivity index (χ2n) is 4.43. The molecule has 2 rings (SSSR count). The van der Waals surface area contributed by atoms with Crippen LogP contribution in [0.5, 0.6) is 5.75 Å². The molecule has 0 spiro atoms. The van der Waals surface area contributed by atoms with Gasteiger partial charge in [-0.15, -0.1) is 0 Å². The Morgan fingerprint density at radius 3 is 2.50 bits per heavy atom. The molecule has 22 heavy (non-hydrogen) atoms. The van der Waals surface area contributed by atoms with Gasteiger partial charge in [-0.25, -0.2) is 5.48 Å². The Labute approximate surface area is 130 Å². The van der Waals surface area contributed by atoms with Crippen molar-refractivity contribution < 1.29 is 14.4 Å². The summed E-state index contributed by atoms with van der Waals surface area (Å²) in [6, 6.07) is 16.5. The van der Waals surface area contributed by atoms with Gasteiger partial charge in [0.05, 0.1) is 13.7 Å². The number of ether oxygens (including phenoxy) is 1. The molecule has 1 amide bonds. The first kappa shape index (κ1) is 15.6. The highest BCUT2D eigenvalue weighted by Crippen LogP contribution is 2.10. The van der Waals surface area contributed by atoms with Gasteiger partial charge in [-0.1, -0.05) is 30.0 Å². The molecule has 0 saturated heterocycles. The van der Waals surface area contributed by atoms with E-state index >= 15 is 0 Å². The Kier molecular flexibility index (Phi) is 6.03. The Bertz CT molecular complexity index is 654. The number of hydroxylamine groups is 1. The van der Waals surface area contributed by atoms with Crippen LogP contribution in [0, 0.1) is 11.8 Å². The van der Waals surface area contributed by atoms with Gasteiger partial charge in [-0.2, -0.15) is 0 Å². The number of amides is 1. The predicted molar refractivity (Wildman–Crippen MR) is 84.3 cm³/mol. The fourth-order valence-electron chi connectivity index (χ4n) is 1.71. The molecular weight excluding hydrogens is 278 g/mol. The molecule has 0 atom stereocenters. The lowest BCUT2D eigenvalue weighted by Gasteiger charge is -2.05. The molecule has 0 bridgehead atoms. The summed E-state index contributed by atoms with van der Waals surface area (Å²) in [5.41, 5.74) is 3.86. The van der Waals surface area contributed by atoms with Gasteiger partial charge in [0, 0.05) is 17.5 Å². The summed E-state index contributed by atoms with van der Waals surface area (Å²) in [7, 11) is 1.58. The third kappa shape index (κ3) is 4.97. The summed E-state index contributed by atoms with van der Waals surface area (Å²) in [6.07, 6.45) is 0.539. The molecule has 0 radical (unpaired) electrons. The Morgan fingerprint density at radius 2 is 1.82 bits per heavy atom. The first-order chi connectivity index (χ1) is 10.8. The maximum Gasteiger partial charge on any atom is 0.274 e. The molecule has 4 nitrogen and oxygen atoms in total. The van der Waals surface area contributed by atoms with Crippen LogP contribution in [0.3, 0.4) is 0 Å². The zero-order valence-corrected chi connectivity index (χ0v) is 12.3. The van der Waals surface area contributed by atoms with Crippen molar-refractivity contribution in [3.05, 3.63) is 65.7 Å². The van der Waals surface area contributed by atoms with E-state index in [-0.39, 0.29) is 5.91 Å². The largest absolute Gasteiger partial charge is 0.497 e. The second-order valence-corrected chi connectivity index (χ2v) is 4.43. The van der Waals surface area contributed by atoms with Crippen LogP contribution in [0.1, 0.15) is 22.3 Å². The molecule has 0 aliphatic carbocycles. The highest BCUT2D eigenvalue weighted by Gasteiger charge is 2.04. The molecule has 0 fully saturated rings. The Morgan fingerprint density at radius 1 is 1.09 bits per heavy atom. The molecule has 0 saturated carbocycles. The number of carbonyl (C=O) groups is 1. The SMILES string of the molecule is COc1ccc(C(=O)NOCCC#Cc2ccccc2)cc1. The average molecular weight is 295 g/mol. The molecule has 4 heteroatoms. The summed E-state index contributed by atoms with van der Waals surface area (Å²) in [5, 5.41) is 0. The van der Waals surface area contributed by atoms with Gasteiger partial charge < -0.3 is 4.74 Å². The van der Waals surface area contributed by atoms with Crippen LogP contribution in [0.2, 0.25) is 0 Å². The van der Waals surface area contributed by atoms with Crippen LogP contribution >= 0.6 is 0 Å². The topological polar surface area (TPSA) is 47.6 Å². The van der Waals surface area contributed by atoms with Crippen molar-refractivity contribution in [1.29, 1.82) is 0 Å². The lowest BCUT2D eigenvalue weighted by atomic mass is 10.2. The van der Waals surface area contributed by atoms with E-state index in [1.54, 1.807) is 31.4 Å². The van der Waals surface area contributed by atoms with Crippen molar-refractivity contribution in [3.8, 4) is 17.6 Å². The minimum absolute atomic E-state index is 0.293. The number of carbonyl (C=O) groups excluding carboxylic acids is 1. The molecule has 0 heterocycles. The van der Waals surface area contributed by atoms with Crippen molar-refractivity contribution >= 4 is 5.91 Å². The van der Waals surface area contributed by atoms with E-state index in [0.717, 1.165) is 5.56 Å². The van der Waals surface area contributed by atoms with Gasteiger partial charge in [0.15, 0.2) is 0 Å². The highest BCUT2D eigenvalue weighted by molar-refractivity contribution is 5.93. The van der Waals surface area contributed by atoms with Crippen LogP contribution in [-0.2, 0) is 4.84 Å². The number of nitrogens with one attached hydrogen (secondary N) is 1. The zero-order valence-electron chi connectivity index (χ0n) is 12.3. The van der Waals surface area contributed by atoms with Crippen LogP contribution < -0.4 is 10.2 Å². The standard InChI is InChI=1S/C18H17NO3/c1-21-17-12-10-16(11-13-17)18(20)19-22-14-6-5-9-15-7-3-2-4-8-15/h2-4,7-8,10-13H,6,14H2,1H3,(H,19,20). The highest BCUT2D eigenvalue weighted by atomic mass is 16.6. The first-order valence-electron chi connectivity index (χ1n) is 6.89. The van der Waals surface area contributed by atoms with Crippen LogP contribution in [0.15, 0.2) is 54.6 Å². The second kappa shape index (κ2) is 8.50. The average Bonchev–Trinajstić information content (AvgIpc) is 2.58. The fourth-order valence-corrected chi connectivity index (χ4v) is 1.71. The van der Waals surface area contributed by atoms with E-state index in [0.29, 0.717) is 24.3 Å². The quantitative estimate of drug-likeness (QED) is 0.524. The van der Waals surface area contributed by atoms with Crippen molar-refractivity contribution in [1.82, 2.24) is 5.48 Å². The number of hydrogen-bond acceptors (Lipinski definition) is 3. The van der Waals surface area contributed by atoms with Gasteiger partial charge in [-0.05, 0) is 36.4 Å². The molecule has 0 aliphatic rings. The van der Waals surface area contributed by atoms with Crippen molar-refractivity contribution in [3.63, 3.8) is 0 Å². The molecule has 2 aromatic rings. The van der Waals surface area contributed by atoms with Crippen LogP contribution in [0.4, 0.5) is 0 Å². The molecule has 112 valence electrons. The fraction of sp³-hybridized carbons (Fsp3) is 0.167. The number of benzene rings is 2. The van der Waals surface area contributed by atoms with Gasteiger partial charge in [0.25, 0.3) is 5.91 Å². The molecule has 0 aromatic heterocycles. The molecule has 0 unspecified atom stereocenters. The summed E-state index contributed by atoms with van der Waals surface area (Å²) >= 11 is 0. The predicted octanol–water partition coefficient (Wildman–Crippen LogP) is 2.80. The monoisotopic (exact) mass is 295 g/mol. The third-order valence-electron chi connectivity index (χ3n) is 2.85. The molecule has 2 aromatic carbocycles. The van der Waals surface area contributed by atoms with Crippen molar-refractivity contribution in [2.24, 2.45) is 0 Å². The Balaban J connectivity index is 1.70. The minimum Gasteiger partial charge on any atom is -0.497 e. The maximum atomic E-state index is 11.8. The number of hydrogen-bond donors (Lipinski definition) is 1. The van der Waals surface area contributed by atoms with Crippen LogP contribution in [-0.4, -0.2) is 19.6 Å². The van der Waals surface area contributed by atoms with Gasteiger partial charge in [0.1, 0.15) is 5.75 Å². The summed E-state index contributed by atoms with van der Waals surface area (Å²) < 4.78 is 5.03. The molecular formula is C18H17NO3.